The van der Waals surface area contributed by atoms with Crippen molar-refractivity contribution in [1.82, 2.24) is 24.6 Å². The number of anilines is 3. The monoisotopic (exact) mass is 526 g/mol. The summed E-state index contributed by atoms with van der Waals surface area (Å²) in [6, 6.07) is 5.40. The van der Waals surface area contributed by atoms with Crippen molar-refractivity contribution in [2.75, 3.05) is 68.0 Å². The first-order valence-electron chi connectivity index (χ1n) is 12.6. The first-order valence-corrected chi connectivity index (χ1v) is 12.6. The quantitative estimate of drug-likeness (QED) is 0.420. The molecule has 0 unspecified atom stereocenters. The van der Waals surface area contributed by atoms with Crippen molar-refractivity contribution in [2.45, 2.75) is 13.0 Å². The van der Waals surface area contributed by atoms with Crippen molar-refractivity contribution in [1.29, 1.82) is 0 Å². The Hall–Kier alpha value is -3.61. The van der Waals surface area contributed by atoms with Crippen LogP contribution in [0.25, 0.3) is 11.9 Å². The van der Waals surface area contributed by atoms with Crippen LogP contribution in [0.15, 0.2) is 36.5 Å². The predicted octanol–water partition coefficient (Wildman–Crippen LogP) is 1.46. The normalized spacial score (nSPS) is 20.7. The number of hydrogen-bond acceptors (Lipinski definition) is 9. The molecule has 1 aromatic carbocycles. The van der Waals surface area contributed by atoms with Crippen LogP contribution in [0, 0.1) is 24.5 Å². The van der Waals surface area contributed by atoms with Gasteiger partial charge in [0, 0.05) is 75.1 Å². The third-order valence-electron chi connectivity index (χ3n) is 7.19. The smallest absolute Gasteiger partial charge is 0.224 e. The van der Waals surface area contributed by atoms with Gasteiger partial charge in [-0.2, -0.15) is 15.1 Å². The number of aromatic nitrogens is 4. The zero-order valence-electron chi connectivity index (χ0n) is 21.2. The first kappa shape index (κ1) is 26.0. The summed E-state index contributed by atoms with van der Waals surface area (Å²) in [5, 5.41) is 24.1. The maximum Gasteiger partial charge on any atom is 0.224 e. The molecule has 0 amide bonds. The molecular weight excluding hydrogens is 494 g/mol. The lowest BCUT2D eigenvalue weighted by atomic mass is 10.1. The van der Waals surface area contributed by atoms with E-state index in [1.807, 2.05) is 22.8 Å². The van der Waals surface area contributed by atoms with Crippen LogP contribution in [0.4, 0.5) is 26.2 Å². The molecule has 38 heavy (non-hydrogen) atoms. The first-order chi connectivity index (χ1) is 18.3. The standard InChI is InChI=1S/C26H32F2N8O2/c1-17-18(3-2-4-33-5-7-34(8-6-33)22-10-20(27)9-21(28)11-22)13-30-36(17)25-12-24(31-26(29)32-25)35-14-19(16-37)23(38)15-35/h2-3,9-13,19,23,37-38H,4-8,14-16H2,1H3,(H2,29,31,32)/t19-,23+/m1/s1. The number of aliphatic hydroxyl groups is 2. The molecule has 202 valence electrons. The van der Waals surface area contributed by atoms with E-state index in [0.717, 1.165) is 37.0 Å². The Morgan fingerprint density at radius 3 is 2.39 bits per heavy atom. The highest BCUT2D eigenvalue weighted by Crippen LogP contribution is 2.25. The summed E-state index contributed by atoms with van der Waals surface area (Å²) < 4.78 is 28.8. The Kier molecular flexibility index (Phi) is 7.54. The molecule has 2 fully saturated rings. The van der Waals surface area contributed by atoms with Gasteiger partial charge in [-0.25, -0.2) is 13.5 Å². The third kappa shape index (κ3) is 5.62. The highest BCUT2D eigenvalue weighted by molar-refractivity contribution is 5.54. The van der Waals surface area contributed by atoms with Crippen LogP contribution in [-0.2, 0) is 0 Å². The molecule has 2 saturated heterocycles. The highest BCUT2D eigenvalue weighted by atomic mass is 19.1. The molecule has 2 aromatic heterocycles. The van der Waals surface area contributed by atoms with Crippen LogP contribution in [0.1, 0.15) is 11.3 Å². The SMILES string of the molecule is Cc1c(C=CCN2CCN(c3cc(F)cc(F)c3)CC2)cnn1-c1cc(N2C[C@H](CO)[C@@H](O)C2)nc(N)n1. The minimum Gasteiger partial charge on any atom is -0.396 e. The molecule has 4 N–H and O–H groups in total. The summed E-state index contributed by atoms with van der Waals surface area (Å²) in [5.41, 5.74) is 8.38. The topological polar surface area (TPSA) is 120 Å². The molecule has 3 aromatic rings. The predicted molar refractivity (Wildman–Crippen MR) is 141 cm³/mol. The van der Waals surface area contributed by atoms with Gasteiger partial charge in [0.05, 0.1) is 24.6 Å². The summed E-state index contributed by atoms with van der Waals surface area (Å²) >= 11 is 0. The Bertz CT molecular complexity index is 1290. The van der Waals surface area contributed by atoms with E-state index in [4.69, 9.17) is 5.73 Å². The molecule has 10 nitrogen and oxygen atoms in total. The molecule has 5 rings (SSSR count). The van der Waals surface area contributed by atoms with Crippen molar-refractivity contribution in [3.8, 4) is 5.82 Å². The molecule has 0 bridgehead atoms. The van der Waals surface area contributed by atoms with E-state index in [1.165, 1.54) is 12.1 Å². The van der Waals surface area contributed by atoms with Crippen LogP contribution in [0.5, 0.6) is 0 Å². The fourth-order valence-corrected chi connectivity index (χ4v) is 4.99. The Labute approximate surface area is 219 Å². The van der Waals surface area contributed by atoms with Gasteiger partial charge in [-0.1, -0.05) is 12.2 Å². The zero-order valence-corrected chi connectivity index (χ0v) is 21.2. The number of nitrogens with zero attached hydrogens (tertiary/aromatic N) is 7. The van der Waals surface area contributed by atoms with Crippen LogP contribution < -0.4 is 15.5 Å². The van der Waals surface area contributed by atoms with Crippen molar-refractivity contribution < 1.29 is 19.0 Å². The van der Waals surface area contributed by atoms with Gasteiger partial charge in [-0.3, -0.25) is 4.90 Å². The molecule has 2 aliphatic rings. The Morgan fingerprint density at radius 2 is 1.71 bits per heavy atom. The summed E-state index contributed by atoms with van der Waals surface area (Å²) in [7, 11) is 0. The zero-order chi connectivity index (χ0) is 26.8. The third-order valence-corrected chi connectivity index (χ3v) is 7.19. The van der Waals surface area contributed by atoms with Gasteiger partial charge >= 0.3 is 0 Å². The largest absolute Gasteiger partial charge is 0.396 e. The van der Waals surface area contributed by atoms with E-state index in [0.29, 0.717) is 43.5 Å². The van der Waals surface area contributed by atoms with Gasteiger partial charge in [0.1, 0.15) is 17.5 Å². The van der Waals surface area contributed by atoms with Crippen LogP contribution >= 0.6 is 0 Å². The van der Waals surface area contributed by atoms with Crippen molar-refractivity contribution in [2.24, 2.45) is 5.92 Å². The fourth-order valence-electron chi connectivity index (χ4n) is 4.99. The lowest BCUT2D eigenvalue weighted by Gasteiger charge is -2.35. The second-order valence-corrected chi connectivity index (χ2v) is 9.77. The van der Waals surface area contributed by atoms with Gasteiger partial charge < -0.3 is 25.7 Å². The number of piperazine rings is 1. The minimum atomic E-state index is -0.630. The molecule has 4 heterocycles. The fraction of sp³-hybridized carbons (Fsp3) is 0.423. The highest BCUT2D eigenvalue weighted by Gasteiger charge is 2.32. The van der Waals surface area contributed by atoms with Gasteiger partial charge in [-0.05, 0) is 19.1 Å². The number of rotatable bonds is 7. The summed E-state index contributed by atoms with van der Waals surface area (Å²) in [4.78, 5) is 14.8. The summed E-state index contributed by atoms with van der Waals surface area (Å²) in [6.07, 6.45) is 5.23. The lowest BCUT2D eigenvalue weighted by molar-refractivity contribution is 0.104. The maximum absolute atomic E-state index is 13.6. The number of halogens is 2. The van der Waals surface area contributed by atoms with E-state index in [-0.39, 0.29) is 18.5 Å². The van der Waals surface area contributed by atoms with Gasteiger partial charge in [0.15, 0.2) is 5.82 Å². The molecule has 12 heteroatoms. The average Bonchev–Trinajstić information content (AvgIpc) is 3.45. The van der Waals surface area contributed by atoms with Crippen LogP contribution in [-0.4, -0.2) is 93.4 Å². The van der Waals surface area contributed by atoms with Crippen LogP contribution in [0.2, 0.25) is 0 Å². The summed E-state index contributed by atoms with van der Waals surface area (Å²) in [5.74, 6) is -0.150. The van der Waals surface area contributed by atoms with Crippen molar-refractivity contribution in [3.05, 3.63) is 59.4 Å². The molecule has 2 aliphatic heterocycles. The number of aliphatic hydroxyl groups excluding tert-OH is 2. The number of nitrogens with two attached hydrogens (primary N) is 1. The molecule has 0 radical (unpaired) electrons. The van der Waals surface area contributed by atoms with Crippen LogP contribution in [0.3, 0.4) is 0 Å². The number of benzene rings is 1. The Balaban J connectivity index is 1.21. The molecular formula is C26H32F2N8O2. The van der Waals surface area contributed by atoms with Gasteiger partial charge in [0.2, 0.25) is 5.95 Å². The van der Waals surface area contributed by atoms with E-state index < -0.39 is 17.7 Å². The Morgan fingerprint density at radius 1 is 1.00 bits per heavy atom. The van der Waals surface area contributed by atoms with E-state index >= 15 is 0 Å². The second kappa shape index (κ2) is 11.0. The van der Waals surface area contributed by atoms with E-state index in [1.54, 1.807) is 16.9 Å². The molecule has 0 aliphatic carbocycles. The average molecular weight is 527 g/mol. The summed E-state index contributed by atoms with van der Waals surface area (Å²) in [6.45, 7) is 6.39. The van der Waals surface area contributed by atoms with Gasteiger partial charge in [0.25, 0.3) is 0 Å². The maximum atomic E-state index is 13.6. The molecule has 0 saturated carbocycles. The number of nitrogen functional groups attached to an aromatic ring is 1. The number of hydrogen-bond donors (Lipinski definition) is 3. The van der Waals surface area contributed by atoms with E-state index in [2.05, 4.69) is 26.0 Å². The van der Waals surface area contributed by atoms with E-state index in [9.17, 15) is 19.0 Å². The van der Waals surface area contributed by atoms with Gasteiger partial charge in [-0.15, -0.1) is 0 Å². The number of β-amino-alcohol motifs (C(OH)–C–C–N with tert-alkyl or cyclic N) is 1. The molecule has 0 spiro atoms. The van der Waals surface area contributed by atoms with Crippen molar-refractivity contribution in [3.63, 3.8) is 0 Å². The lowest BCUT2D eigenvalue weighted by Crippen LogP contribution is -2.46. The van der Waals surface area contributed by atoms with Crippen molar-refractivity contribution >= 4 is 23.5 Å². The minimum absolute atomic E-state index is 0.0955. The second-order valence-electron chi connectivity index (χ2n) is 9.77. The molecule has 2 atom stereocenters.